The van der Waals surface area contributed by atoms with E-state index in [0.717, 1.165) is 0 Å². The third-order valence-electron chi connectivity index (χ3n) is 4.29. The third-order valence-corrected chi connectivity index (χ3v) is 4.29. The van der Waals surface area contributed by atoms with Crippen molar-refractivity contribution in [2.24, 2.45) is 0 Å². The monoisotopic (exact) mass is 422 g/mol. The first-order valence-electron chi connectivity index (χ1n) is 9.84. The number of para-hydroxylation sites is 1. The number of anilines is 2. The first-order chi connectivity index (χ1) is 15.1. The number of hydrogen-bond acceptors (Lipinski definition) is 4. The molecule has 0 heterocycles. The molecule has 0 aliphatic rings. The van der Waals surface area contributed by atoms with Crippen LogP contribution in [0.1, 0.15) is 27.6 Å². The van der Waals surface area contributed by atoms with Gasteiger partial charge in [0.2, 0.25) is 0 Å². The van der Waals surface area contributed by atoms with E-state index in [0.29, 0.717) is 48.1 Å². The number of halogens is 1. The normalized spacial score (nSPS) is 10.4. The van der Waals surface area contributed by atoms with Gasteiger partial charge in [0.25, 0.3) is 11.8 Å². The molecule has 160 valence electrons. The molecule has 3 aromatic rings. The van der Waals surface area contributed by atoms with Crippen LogP contribution in [0.3, 0.4) is 0 Å². The van der Waals surface area contributed by atoms with Crippen LogP contribution >= 0.6 is 0 Å². The minimum Gasteiger partial charge on any atom is -0.490 e. The summed E-state index contributed by atoms with van der Waals surface area (Å²) >= 11 is 0. The third kappa shape index (κ3) is 6.38. The maximum atomic E-state index is 13.3. The van der Waals surface area contributed by atoms with Gasteiger partial charge in [0.1, 0.15) is 18.2 Å². The smallest absolute Gasteiger partial charge is 0.259 e. The van der Waals surface area contributed by atoms with E-state index in [2.05, 4.69) is 10.6 Å². The molecule has 0 bridgehead atoms. The lowest BCUT2D eigenvalue weighted by Gasteiger charge is -2.12. The maximum absolute atomic E-state index is 13.3. The van der Waals surface area contributed by atoms with Crippen LogP contribution in [0.15, 0.2) is 72.8 Å². The zero-order valence-electron chi connectivity index (χ0n) is 17.1. The van der Waals surface area contributed by atoms with Crippen molar-refractivity contribution < 1.29 is 23.5 Å². The molecule has 0 aromatic heterocycles. The average molecular weight is 422 g/mol. The highest BCUT2D eigenvalue weighted by Gasteiger charge is 2.14. The fourth-order valence-electron chi connectivity index (χ4n) is 2.84. The van der Waals surface area contributed by atoms with Gasteiger partial charge in [-0.05, 0) is 55.5 Å². The summed E-state index contributed by atoms with van der Waals surface area (Å²) in [5.41, 5.74) is 1.48. The van der Waals surface area contributed by atoms with E-state index in [1.165, 1.54) is 18.2 Å². The van der Waals surface area contributed by atoms with E-state index in [1.807, 2.05) is 6.92 Å². The summed E-state index contributed by atoms with van der Waals surface area (Å²) in [4.78, 5) is 25.2. The van der Waals surface area contributed by atoms with Crippen molar-refractivity contribution in [1.29, 1.82) is 0 Å². The number of nitrogens with one attached hydrogen (secondary N) is 2. The molecule has 0 spiro atoms. The van der Waals surface area contributed by atoms with E-state index in [1.54, 1.807) is 54.6 Å². The number of benzene rings is 3. The van der Waals surface area contributed by atoms with Crippen molar-refractivity contribution in [3.63, 3.8) is 0 Å². The molecule has 2 amide bonds. The lowest BCUT2D eigenvalue weighted by molar-refractivity contribution is 0.0995. The molecule has 0 fully saturated rings. The van der Waals surface area contributed by atoms with Gasteiger partial charge in [0, 0.05) is 23.5 Å². The molecule has 3 rings (SSSR count). The molecule has 0 saturated carbocycles. The summed E-state index contributed by atoms with van der Waals surface area (Å²) < 4.78 is 24.2. The summed E-state index contributed by atoms with van der Waals surface area (Å²) in [6, 6.07) is 19.0. The number of rotatable bonds is 9. The Hall–Kier alpha value is -3.71. The fraction of sp³-hybridized carbons (Fsp3) is 0.167. The van der Waals surface area contributed by atoms with E-state index in [-0.39, 0.29) is 5.91 Å². The predicted molar refractivity (Wildman–Crippen MR) is 117 cm³/mol. The van der Waals surface area contributed by atoms with Gasteiger partial charge in [0.15, 0.2) is 0 Å². The molecular weight excluding hydrogens is 399 g/mol. The molecule has 7 heteroatoms. The fourth-order valence-corrected chi connectivity index (χ4v) is 2.84. The van der Waals surface area contributed by atoms with Gasteiger partial charge in [0.05, 0.1) is 12.2 Å². The Morgan fingerprint density at radius 2 is 1.55 bits per heavy atom. The lowest BCUT2D eigenvalue weighted by atomic mass is 10.1. The van der Waals surface area contributed by atoms with Gasteiger partial charge in [-0.1, -0.05) is 24.3 Å². The summed E-state index contributed by atoms with van der Waals surface area (Å²) in [7, 11) is 0. The predicted octanol–water partition coefficient (Wildman–Crippen LogP) is 4.75. The average Bonchev–Trinajstić information content (AvgIpc) is 2.77. The number of amides is 2. The Kier molecular flexibility index (Phi) is 7.73. The van der Waals surface area contributed by atoms with Crippen molar-refractivity contribution in [1.82, 2.24) is 0 Å². The second-order valence-electron chi connectivity index (χ2n) is 6.54. The highest BCUT2D eigenvalue weighted by Crippen LogP contribution is 2.21. The van der Waals surface area contributed by atoms with Crippen molar-refractivity contribution in [2.75, 3.05) is 30.5 Å². The van der Waals surface area contributed by atoms with E-state index in [4.69, 9.17) is 9.47 Å². The van der Waals surface area contributed by atoms with Crippen LogP contribution in [0.4, 0.5) is 15.8 Å². The summed E-state index contributed by atoms with van der Waals surface area (Å²) in [5.74, 6) is -0.781. The molecule has 6 nitrogen and oxygen atoms in total. The number of carbonyl (C=O) groups is 2. The molecule has 0 atom stereocenters. The van der Waals surface area contributed by atoms with Crippen LogP contribution in [0.5, 0.6) is 5.75 Å². The number of hydrogen-bond donors (Lipinski definition) is 2. The van der Waals surface area contributed by atoms with Crippen molar-refractivity contribution >= 4 is 23.2 Å². The van der Waals surface area contributed by atoms with E-state index >= 15 is 0 Å². The van der Waals surface area contributed by atoms with Gasteiger partial charge in [-0.2, -0.15) is 0 Å². The standard InChI is InChI=1S/C24H23FN2O4/c1-2-30-13-14-31-22-12-4-3-11-21(22)24(29)27-19-9-5-7-17(15-19)23(28)26-20-10-6-8-18(25)16-20/h3-12,15-16H,2,13-14H2,1H3,(H,26,28)(H,27,29). The first kappa shape index (κ1) is 22.0. The second kappa shape index (κ2) is 10.9. The zero-order valence-corrected chi connectivity index (χ0v) is 17.1. The van der Waals surface area contributed by atoms with Gasteiger partial charge in [-0.3, -0.25) is 9.59 Å². The minimum absolute atomic E-state index is 0.323. The number of carbonyl (C=O) groups excluding carboxylic acids is 2. The lowest BCUT2D eigenvalue weighted by Crippen LogP contribution is -2.16. The van der Waals surface area contributed by atoms with Crippen LogP contribution in [0.2, 0.25) is 0 Å². The van der Waals surface area contributed by atoms with Gasteiger partial charge in [-0.15, -0.1) is 0 Å². The summed E-state index contributed by atoms with van der Waals surface area (Å²) in [6.07, 6.45) is 0. The van der Waals surface area contributed by atoms with Gasteiger partial charge in [-0.25, -0.2) is 4.39 Å². The van der Waals surface area contributed by atoms with E-state index in [9.17, 15) is 14.0 Å². The van der Waals surface area contributed by atoms with Crippen molar-refractivity contribution in [3.05, 3.63) is 89.7 Å². The molecule has 0 unspecified atom stereocenters. The Bertz CT molecular complexity index is 1060. The van der Waals surface area contributed by atoms with Gasteiger partial charge < -0.3 is 20.1 Å². The molecule has 0 aliphatic heterocycles. The quantitative estimate of drug-likeness (QED) is 0.488. The van der Waals surface area contributed by atoms with Gasteiger partial charge >= 0.3 is 0 Å². The Labute approximate surface area is 180 Å². The van der Waals surface area contributed by atoms with E-state index < -0.39 is 11.7 Å². The summed E-state index contributed by atoms with van der Waals surface area (Å²) in [5, 5.41) is 5.41. The maximum Gasteiger partial charge on any atom is 0.259 e. The second-order valence-corrected chi connectivity index (χ2v) is 6.54. The highest BCUT2D eigenvalue weighted by molar-refractivity contribution is 6.08. The van der Waals surface area contributed by atoms with Crippen LogP contribution in [-0.4, -0.2) is 31.6 Å². The first-order valence-corrected chi connectivity index (χ1v) is 9.84. The van der Waals surface area contributed by atoms with Crippen molar-refractivity contribution in [3.8, 4) is 5.75 Å². The van der Waals surface area contributed by atoms with Crippen LogP contribution in [0, 0.1) is 5.82 Å². The molecule has 3 aromatic carbocycles. The minimum atomic E-state index is -0.444. The van der Waals surface area contributed by atoms with Crippen LogP contribution in [-0.2, 0) is 4.74 Å². The molecule has 0 saturated heterocycles. The summed E-state index contributed by atoms with van der Waals surface area (Å²) in [6.45, 7) is 3.24. The topological polar surface area (TPSA) is 76.7 Å². The molecule has 2 N–H and O–H groups in total. The largest absolute Gasteiger partial charge is 0.490 e. The molecule has 0 radical (unpaired) electrons. The van der Waals surface area contributed by atoms with Crippen LogP contribution < -0.4 is 15.4 Å². The molecular formula is C24H23FN2O4. The zero-order chi connectivity index (χ0) is 22.1. The Balaban J connectivity index is 1.68. The highest BCUT2D eigenvalue weighted by atomic mass is 19.1. The van der Waals surface area contributed by atoms with Crippen molar-refractivity contribution in [2.45, 2.75) is 6.92 Å². The Morgan fingerprint density at radius 3 is 2.32 bits per heavy atom. The van der Waals surface area contributed by atoms with Crippen LogP contribution in [0.25, 0.3) is 0 Å². The molecule has 31 heavy (non-hydrogen) atoms. The Morgan fingerprint density at radius 1 is 0.839 bits per heavy atom. The molecule has 0 aliphatic carbocycles. The SMILES string of the molecule is CCOCCOc1ccccc1C(=O)Nc1cccc(C(=O)Nc2cccc(F)c2)c1. The number of ether oxygens (including phenoxy) is 2.